The number of likely N-dealkylation sites (tertiary alicyclic amines) is 1. The van der Waals surface area contributed by atoms with Crippen molar-refractivity contribution in [2.24, 2.45) is 0 Å². The van der Waals surface area contributed by atoms with Crippen LogP contribution < -0.4 is 9.47 Å². The number of aromatic nitrogens is 2. The minimum Gasteiger partial charge on any atom is -0.480 e. The average molecular weight is 377 g/mol. The lowest BCUT2D eigenvalue weighted by molar-refractivity contribution is -0.0271. The third-order valence-corrected chi connectivity index (χ3v) is 4.60. The maximum absolute atomic E-state index is 12.6. The summed E-state index contributed by atoms with van der Waals surface area (Å²) in [5.41, 5.74) is -0.885. The lowest BCUT2D eigenvalue weighted by atomic mass is 9.88. The van der Waals surface area contributed by atoms with Crippen molar-refractivity contribution >= 4 is 5.91 Å². The van der Waals surface area contributed by atoms with Crippen LogP contribution in [0.5, 0.6) is 11.8 Å². The minimum absolute atomic E-state index is 0.215. The first kappa shape index (κ1) is 19.1. The fraction of sp³-hybridized carbons (Fsp3) is 0.500. The van der Waals surface area contributed by atoms with Gasteiger partial charge in [0, 0.05) is 20.2 Å². The fourth-order valence-electron chi connectivity index (χ4n) is 3.10. The summed E-state index contributed by atoms with van der Waals surface area (Å²) in [6, 6.07) is 3.35. The number of nitrogens with zero attached hydrogens (tertiary/aromatic N) is 3. The second-order valence-corrected chi connectivity index (χ2v) is 6.29. The van der Waals surface area contributed by atoms with Crippen molar-refractivity contribution < 1.29 is 28.5 Å². The van der Waals surface area contributed by atoms with Gasteiger partial charge in [0.2, 0.25) is 11.8 Å². The molecule has 1 fully saturated rings. The molecule has 0 unspecified atom stereocenters. The zero-order valence-electron chi connectivity index (χ0n) is 15.6. The van der Waals surface area contributed by atoms with E-state index in [-0.39, 0.29) is 17.5 Å². The van der Waals surface area contributed by atoms with E-state index in [9.17, 15) is 9.90 Å². The molecule has 0 aromatic carbocycles. The van der Waals surface area contributed by atoms with Gasteiger partial charge < -0.3 is 28.6 Å². The number of hydrogen-bond acceptors (Lipinski definition) is 8. The standard InChI is InChI=1S/C18H23N3O6/c1-24-11-12-4-5-13(27-12)17(22)21-8-6-18(23,7-9-21)15-16(26-3)20-14(25-2)10-19-15/h4-5,10,23H,6-9,11H2,1-3H3. The van der Waals surface area contributed by atoms with Gasteiger partial charge in [0.05, 0.1) is 20.4 Å². The van der Waals surface area contributed by atoms with E-state index in [1.807, 2.05) is 0 Å². The topological polar surface area (TPSA) is 107 Å². The molecular weight excluding hydrogens is 354 g/mol. The number of rotatable bonds is 6. The van der Waals surface area contributed by atoms with Crippen LogP contribution in [0.15, 0.2) is 22.7 Å². The Morgan fingerprint density at radius 1 is 1.26 bits per heavy atom. The molecule has 2 aromatic rings. The van der Waals surface area contributed by atoms with Gasteiger partial charge in [0.1, 0.15) is 23.7 Å². The number of amides is 1. The van der Waals surface area contributed by atoms with E-state index in [4.69, 9.17) is 18.6 Å². The molecule has 0 saturated carbocycles. The van der Waals surface area contributed by atoms with E-state index < -0.39 is 5.60 Å². The van der Waals surface area contributed by atoms with Crippen LogP contribution in [-0.4, -0.2) is 60.3 Å². The summed E-state index contributed by atoms with van der Waals surface area (Å²) >= 11 is 0. The number of carbonyl (C=O) groups is 1. The van der Waals surface area contributed by atoms with Crippen LogP contribution in [0, 0.1) is 0 Å². The fourth-order valence-corrected chi connectivity index (χ4v) is 3.10. The van der Waals surface area contributed by atoms with Gasteiger partial charge >= 0.3 is 0 Å². The van der Waals surface area contributed by atoms with Crippen LogP contribution in [0.25, 0.3) is 0 Å². The van der Waals surface area contributed by atoms with Gasteiger partial charge in [-0.3, -0.25) is 4.79 Å². The lowest BCUT2D eigenvalue weighted by Crippen LogP contribution is -2.45. The predicted molar refractivity (Wildman–Crippen MR) is 93.6 cm³/mol. The van der Waals surface area contributed by atoms with Crippen molar-refractivity contribution in [2.75, 3.05) is 34.4 Å². The Morgan fingerprint density at radius 2 is 2.00 bits per heavy atom. The van der Waals surface area contributed by atoms with E-state index in [0.29, 0.717) is 49.9 Å². The summed E-state index contributed by atoms with van der Waals surface area (Å²) < 4.78 is 20.8. The van der Waals surface area contributed by atoms with Gasteiger partial charge in [-0.05, 0) is 25.0 Å². The molecule has 0 aliphatic carbocycles. The molecule has 2 aromatic heterocycles. The van der Waals surface area contributed by atoms with Gasteiger partial charge in [0.25, 0.3) is 5.91 Å². The molecule has 1 amide bonds. The summed E-state index contributed by atoms with van der Waals surface area (Å²) in [7, 11) is 4.50. The molecule has 0 bridgehead atoms. The number of methoxy groups -OCH3 is 3. The Bertz CT molecular complexity index is 798. The second kappa shape index (κ2) is 7.93. The third kappa shape index (κ3) is 3.88. The smallest absolute Gasteiger partial charge is 0.289 e. The Hall–Kier alpha value is -2.65. The van der Waals surface area contributed by atoms with Gasteiger partial charge in [-0.1, -0.05) is 0 Å². The highest BCUT2D eigenvalue weighted by molar-refractivity contribution is 5.91. The third-order valence-electron chi connectivity index (χ3n) is 4.60. The van der Waals surface area contributed by atoms with Crippen molar-refractivity contribution in [1.29, 1.82) is 0 Å². The highest BCUT2D eigenvalue weighted by Crippen LogP contribution is 2.36. The molecular formula is C18H23N3O6. The van der Waals surface area contributed by atoms with Crippen molar-refractivity contribution in [2.45, 2.75) is 25.0 Å². The summed E-state index contributed by atoms with van der Waals surface area (Å²) in [5, 5.41) is 11.1. The molecule has 9 nitrogen and oxygen atoms in total. The summed E-state index contributed by atoms with van der Waals surface area (Å²) in [6.45, 7) is 1.02. The van der Waals surface area contributed by atoms with Crippen LogP contribution in [-0.2, 0) is 16.9 Å². The van der Waals surface area contributed by atoms with Crippen LogP contribution in [0.1, 0.15) is 34.9 Å². The van der Waals surface area contributed by atoms with Crippen LogP contribution in [0.4, 0.5) is 0 Å². The molecule has 27 heavy (non-hydrogen) atoms. The molecule has 3 heterocycles. The number of aliphatic hydroxyl groups is 1. The van der Waals surface area contributed by atoms with Gasteiger partial charge in [-0.2, -0.15) is 4.98 Å². The molecule has 1 saturated heterocycles. The largest absolute Gasteiger partial charge is 0.480 e. The molecule has 0 radical (unpaired) electrons. The molecule has 1 aliphatic rings. The zero-order valence-corrected chi connectivity index (χ0v) is 15.6. The van der Waals surface area contributed by atoms with Crippen LogP contribution in [0.2, 0.25) is 0 Å². The Morgan fingerprint density at radius 3 is 2.63 bits per heavy atom. The highest BCUT2D eigenvalue weighted by Gasteiger charge is 2.40. The van der Waals surface area contributed by atoms with Gasteiger partial charge in [-0.25, -0.2) is 4.98 Å². The first-order valence-electron chi connectivity index (χ1n) is 8.55. The van der Waals surface area contributed by atoms with Crippen molar-refractivity contribution in [3.05, 3.63) is 35.5 Å². The first-order chi connectivity index (χ1) is 13.0. The lowest BCUT2D eigenvalue weighted by Gasteiger charge is -2.37. The number of piperidine rings is 1. The van der Waals surface area contributed by atoms with E-state index in [1.165, 1.54) is 20.4 Å². The summed E-state index contributed by atoms with van der Waals surface area (Å²) in [4.78, 5) is 22.7. The van der Waals surface area contributed by atoms with Crippen LogP contribution >= 0.6 is 0 Å². The molecule has 1 N–H and O–H groups in total. The zero-order chi connectivity index (χ0) is 19.4. The molecule has 0 spiro atoms. The Kier molecular flexibility index (Phi) is 5.62. The van der Waals surface area contributed by atoms with E-state index >= 15 is 0 Å². The van der Waals surface area contributed by atoms with E-state index in [0.717, 1.165) is 0 Å². The molecule has 146 valence electrons. The number of carbonyl (C=O) groups excluding carboxylic acids is 1. The number of furan rings is 1. The molecule has 3 rings (SSSR count). The Labute approximate surface area is 156 Å². The SMILES string of the molecule is COCc1ccc(C(=O)N2CCC(O)(c3ncc(OC)nc3OC)CC2)o1. The Balaban J connectivity index is 1.71. The van der Waals surface area contributed by atoms with Crippen molar-refractivity contribution in [3.63, 3.8) is 0 Å². The van der Waals surface area contributed by atoms with Crippen LogP contribution in [0.3, 0.4) is 0 Å². The highest BCUT2D eigenvalue weighted by atomic mass is 16.5. The normalized spacial score (nSPS) is 16.2. The first-order valence-corrected chi connectivity index (χ1v) is 8.55. The van der Waals surface area contributed by atoms with Crippen molar-refractivity contribution in [3.8, 4) is 11.8 Å². The quantitative estimate of drug-likeness (QED) is 0.804. The number of hydrogen-bond donors (Lipinski definition) is 1. The molecule has 1 aliphatic heterocycles. The predicted octanol–water partition coefficient (Wildman–Crippen LogP) is 1.36. The minimum atomic E-state index is -1.23. The molecule has 0 atom stereocenters. The summed E-state index contributed by atoms with van der Waals surface area (Å²) in [6.07, 6.45) is 2.05. The van der Waals surface area contributed by atoms with E-state index in [2.05, 4.69) is 9.97 Å². The maximum Gasteiger partial charge on any atom is 0.289 e. The van der Waals surface area contributed by atoms with Gasteiger partial charge in [-0.15, -0.1) is 0 Å². The monoisotopic (exact) mass is 377 g/mol. The van der Waals surface area contributed by atoms with E-state index in [1.54, 1.807) is 24.1 Å². The molecule has 9 heteroatoms. The average Bonchev–Trinajstić information content (AvgIpc) is 3.16. The van der Waals surface area contributed by atoms with Gasteiger partial charge in [0.15, 0.2) is 5.76 Å². The maximum atomic E-state index is 12.6. The second-order valence-electron chi connectivity index (χ2n) is 6.29. The summed E-state index contributed by atoms with van der Waals surface area (Å²) in [5.74, 6) is 1.15. The van der Waals surface area contributed by atoms with Crippen molar-refractivity contribution in [1.82, 2.24) is 14.9 Å². The number of ether oxygens (including phenoxy) is 3.